The number of nitrogens with zero attached hydrogens (tertiary/aromatic N) is 1. The molecule has 0 aliphatic heterocycles. The van der Waals surface area contributed by atoms with Gasteiger partial charge in [0, 0.05) is 25.4 Å². The number of hydrogen-bond donors (Lipinski definition) is 1. The molecule has 1 N–H and O–H groups in total. The normalized spacial score (nSPS) is 15.6. The van der Waals surface area contributed by atoms with Crippen LogP contribution >= 0.6 is 0 Å². The van der Waals surface area contributed by atoms with Crippen LogP contribution in [0.3, 0.4) is 0 Å². The molecular formula is C17H15F17N2. The van der Waals surface area contributed by atoms with Crippen molar-refractivity contribution in [3.63, 3.8) is 0 Å². The molecule has 0 unspecified atom stereocenters. The summed E-state index contributed by atoms with van der Waals surface area (Å²) in [6.45, 7) is 2.92. The van der Waals surface area contributed by atoms with Crippen LogP contribution in [0.1, 0.15) is 13.3 Å². The van der Waals surface area contributed by atoms with Gasteiger partial charge in [0.2, 0.25) is 0 Å². The van der Waals surface area contributed by atoms with Crippen LogP contribution < -0.4 is 5.32 Å². The summed E-state index contributed by atoms with van der Waals surface area (Å²) in [6, 6.07) is 0. The van der Waals surface area contributed by atoms with E-state index in [-0.39, 0.29) is 0 Å². The molecule has 0 aliphatic carbocycles. The molecule has 0 saturated carbocycles. The van der Waals surface area contributed by atoms with E-state index in [1.54, 1.807) is 0 Å². The van der Waals surface area contributed by atoms with Crippen molar-refractivity contribution in [2.24, 2.45) is 0 Å². The van der Waals surface area contributed by atoms with Crippen molar-refractivity contribution >= 4 is 0 Å². The Morgan fingerprint density at radius 2 is 1.00 bits per heavy atom. The van der Waals surface area contributed by atoms with E-state index in [0.29, 0.717) is 4.90 Å². The lowest BCUT2D eigenvalue weighted by Crippen LogP contribution is -2.74. The number of halogens is 17. The molecule has 2 nitrogen and oxygen atoms in total. The summed E-state index contributed by atoms with van der Waals surface area (Å²) in [4.78, 5) is 0.531. The van der Waals surface area contributed by atoms with E-state index in [4.69, 9.17) is 0 Å². The van der Waals surface area contributed by atoms with E-state index in [1.165, 1.54) is 6.92 Å². The largest absolute Gasteiger partial charge is 0.460 e. The molecule has 0 fully saturated rings. The number of alkyl halides is 17. The number of allylic oxidation sites excluding steroid dienone is 1. The predicted molar refractivity (Wildman–Crippen MR) is 89.3 cm³/mol. The van der Waals surface area contributed by atoms with Gasteiger partial charge in [-0.3, -0.25) is 0 Å². The molecule has 0 amide bonds. The fraction of sp³-hybridized carbons (Fsp3) is 0.647. The molecule has 0 aromatic carbocycles. The monoisotopic (exact) mass is 570 g/mol. The van der Waals surface area contributed by atoms with E-state index < -0.39 is 60.6 Å². The number of hydrogen-bond acceptors (Lipinski definition) is 2. The maximum absolute atomic E-state index is 13.9. The molecule has 0 atom stereocenters. The van der Waals surface area contributed by atoms with Crippen molar-refractivity contribution in [1.29, 1.82) is 0 Å². The zero-order valence-corrected chi connectivity index (χ0v) is 17.4. The molecule has 0 aromatic rings. The first-order valence-electron chi connectivity index (χ1n) is 8.88. The first-order valence-corrected chi connectivity index (χ1v) is 8.88. The van der Waals surface area contributed by atoms with Crippen molar-refractivity contribution in [2.75, 3.05) is 6.54 Å². The smallest absolute Gasteiger partial charge is 0.367 e. The van der Waals surface area contributed by atoms with Crippen molar-refractivity contribution in [3.8, 4) is 0 Å². The van der Waals surface area contributed by atoms with Gasteiger partial charge in [-0.2, -0.15) is 74.6 Å². The maximum atomic E-state index is 13.9. The third-order valence-electron chi connectivity index (χ3n) is 4.29. The van der Waals surface area contributed by atoms with Gasteiger partial charge in [0.05, 0.1) is 0 Å². The lowest BCUT2D eigenvalue weighted by atomic mass is 9.88. The third-order valence-corrected chi connectivity index (χ3v) is 4.29. The van der Waals surface area contributed by atoms with E-state index in [0.717, 1.165) is 30.9 Å². The average Bonchev–Trinajstić information content (AvgIpc) is 2.70. The summed E-state index contributed by atoms with van der Waals surface area (Å²) in [7, 11) is 0. The van der Waals surface area contributed by atoms with Crippen LogP contribution in [-0.4, -0.2) is 59.1 Å². The second-order valence-electron chi connectivity index (χ2n) is 6.81. The second kappa shape index (κ2) is 10.2. The van der Waals surface area contributed by atoms with Gasteiger partial charge in [0.1, 0.15) is 0 Å². The zero-order chi connectivity index (χ0) is 29.2. The lowest BCUT2D eigenvalue weighted by molar-refractivity contribution is -0.461. The topological polar surface area (TPSA) is 15.3 Å². The fourth-order valence-electron chi connectivity index (χ4n) is 2.22. The van der Waals surface area contributed by atoms with Crippen LogP contribution in [0.15, 0.2) is 37.5 Å². The van der Waals surface area contributed by atoms with Gasteiger partial charge in [-0.1, -0.05) is 12.7 Å². The van der Waals surface area contributed by atoms with Crippen molar-refractivity contribution in [3.05, 3.63) is 37.5 Å². The third kappa shape index (κ3) is 5.33. The zero-order valence-electron chi connectivity index (χ0n) is 17.4. The van der Waals surface area contributed by atoms with Crippen molar-refractivity contribution in [1.82, 2.24) is 10.2 Å². The summed E-state index contributed by atoms with van der Waals surface area (Å²) in [5.74, 6) is -56.3. The highest BCUT2D eigenvalue weighted by atomic mass is 19.4. The second-order valence-corrected chi connectivity index (χ2v) is 6.81. The summed E-state index contributed by atoms with van der Waals surface area (Å²) in [5, 5.41) is 2.22. The Labute approximate surface area is 191 Å². The van der Waals surface area contributed by atoms with Crippen LogP contribution in [0.4, 0.5) is 74.6 Å². The summed E-state index contributed by atoms with van der Waals surface area (Å²) >= 11 is 0. The van der Waals surface area contributed by atoms with Gasteiger partial charge >= 0.3 is 47.6 Å². The van der Waals surface area contributed by atoms with E-state index in [1.807, 2.05) is 0 Å². The molecule has 19 heteroatoms. The fourth-order valence-corrected chi connectivity index (χ4v) is 2.22. The molecular weight excluding hydrogens is 555 g/mol. The number of nitrogens with one attached hydrogen (secondary N) is 1. The predicted octanol–water partition coefficient (Wildman–Crippen LogP) is 7.43. The van der Waals surface area contributed by atoms with E-state index in [9.17, 15) is 74.6 Å². The molecule has 0 heterocycles. The minimum absolute atomic E-state index is 0.531. The van der Waals surface area contributed by atoms with Crippen molar-refractivity contribution in [2.45, 2.75) is 61.0 Å². The molecule has 0 aromatic heterocycles. The summed E-state index contributed by atoms with van der Waals surface area (Å²) in [6.07, 6.45) is -5.78. The Kier molecular flexibility index (Phi) is 9.51. The molecule has 36 heavy (non-hydrogen) atoms. The molecule has 0 saturated heterocycles. The molecule has 212 valence electrons. The van der Waals surface area contributed by atoms with Crippen LogP contribution in [0.5, 0.6) is 0 Å². The average molecular weight is 570 g/mol. The standard InChI is InChI=1S/C17H15F17N2/c1-3-7-36(9-6-35-4-2)8-5-10(18,19)11(20,21)12(22,23)13(24,25)14(26,27)15(28,29)16(30,31)17(32,33)34/h3-4,6-7,9,35H,2,5,8H2,1H3/b7-3-,9-6-. The van der Waals surface area contributed by atoms with Crippen LogP contribution in [0.2, 0.25) is 0 Å². The van der Waals surface area contributed by atoms with Gasteiger partial charge in [0.25, 0.3) is 0 Å². The molecule has 0 radical (unpaired) electrons. The van der Waals surface area contributed by atoms with Crippen LogP contribution in [0, 0.1) is 0 Å². The Bertz CT molecular complexity index is 810. The first kappa shape index (κ1) is 33.6. The quantitative estimate of drug-likeness (QED) is 0.232. The summed E-state index contributed by atoms with van der Waals surface area (Å²) in [5.41, 5.74) is 0. The lowest BCUT2D eigenvalue weighted by Gasteiger charge is -2.43. The highest BCUT2D eigenvalue weighted by Crippen LogP contribution is 2.64. The van der Waals surface area contributed by atoms with Gasteiger partial charge in [-0.15, -0.1) is 0 Å². The molecule has 0 bridgehead atoms. The number of rotatable bonds is 13. The van der Waals surface area contributed by atoms with Gasteiger partial charge in [-0.05, 0) is 19.3 Å². The van der Waals surface area contributed by atoms with E-state index >= 15 is 0 Å². The minimum Gasteiger partial charge on any atom is -0.367 e. The van der Waals surface area contributed by atoms with Gasteiger partial charge in [-0.25, -0.2) is 0 Å². The Morgan fingerprint density at radius 1 is 0.611 bits per heavy atom. The minimum atomic E-state index is -8.63. The molecule has 0 spiro atoms. The SMILES string of the molecule is C=CN/C=C\N(/C=C\C)CCC(F)(F)C(F)(F)C(F)(F)C(F)(F)C(F)(F)C(F)(F)C(F)(F)C(F)(F)F. The highest BCUT2D eigenvalue weighted by molar-refractivity contribution is 5.15. The van der Waals surface area contributed by atoms with Crippen LogP contribution in [-0.2, 0) is 0 Å². The van der Waals surface area contributed by atoms with Crippen LogP contribution in [0.25, 0.3) is 0 Å². The van der Waals surface area contributed by atoms with Crippen molar-refractivity contribution < 1.29 is 74.6 Å². The maximum Gasteiger partial charge on any atom is 0.460 e. The van der Waals surface area contributed by atoms with Gasteiger partial charge < -0.3 is 10.2 Å². The first-order chi connectivity index (χ1) is 15.7. The Balaban J connectivity index is 6.42. The van der Waals surface area contributed by atoms with E-state index in [2.05, 4.69) is 11.9 Å². The highest BCUT2D eigenvalue weighted by Gasteiger charge is 2.95. The molecule has 0 rings (SSSR count). The Hall–Kier alpha value is -2.37. The van der Waals surface area contributed by atoms with Gasteiger partial charge in [0.15, 0.2) is 0 Å². The Morgan fingerprint density at radius 3 is 1.36 bits per heavy atom. The molecule has 0 aliphatic rings. The summed E-state index contributed by atoms with van der Waals surface area (Å²) < 4.78 is 225.